The van der Waals surface area contributed by atoms with Crippen molar-refractivity contribution in [2.45, 2.75) is 19.4 Å². The summed E-state index contributed by atoms with van der Waals surface area (Å²) in [6, 6.07) is 4.71. The lowest BCUT2D eigenvalue weighted by molar-refractivity contribution is -0.384. The Morgan fingerprint density at radius 2 is 2.14 bits per heavy atom. The standard InChI is InChI=1S/C14H21N3O3S/c1-5-11(9-21-4)15-12-7-6-10(14(18)16(2)3)8-13(12)17(19)20/h6-8,11,15H,5,9H2,1-4H3. The predicted octanol–water partition coefficient (Wildman–Crippen LogP) is 2.85. The van der Waals surface area contributed by atoms with Gasteiger partial charge in [0, 0.05) is 37.5 Å². The number of hydrogen-bond donors (Lipinski definition) is 1. The van der Waals surface area contributed by atoms with E-state index < -0.39 is 4.92 Å². The fourth-order valence-electron chi connectivity index (χ4n) is 1.88. The molecule has 6 nitrogen and oxygen atoms in total. The summed E-state index contributed by atoms with van der Waals surface area (Å²) in [7, 11) is 3.23. The lowest BCUT2D eigenvalue weighted by atomic mass is 10.1. The summed E-state index contributed by atoms with van der Waals surface area (Å²) in [5, 5.41) is 14.4. The summed E-state index contributed by atoms with van der Waals surface area (Å²) < 4.78 is 0. The number of anilines is 1. The Morgan fingerprint density at radius 3 is 2.62 bits per heavy atom. The zero-order valence-electron chi connectivity index (χ0n) is 12.8. The van der Waals surface area contributed by atoms with E-state index in [4.69, 9.17) is 0 Å². The van der Waals surface area contributed by atoms with E-state index in [-0.39, 0.29) is 17.6 Å². The highest BCUT2D eigenvalue weighted by Gasteiger charge is 2.20. The molecular weight excluding hydrogens is 290 g/mol. The first-order chi connectivity index (χ1) is 9.90. The molecule has 116 valence electrons. The van der Waals surface area contributed by atoms with Gasteiger partial charge in [0.2, 0.25) is 0 Å². The number of nitro groups is 1. The summed E-state index contributed by atoms with van der Waals surface area (Å²) in [5.74, 6) is 0.618. The van der Waals surface area contributed by atoms with Crippen LogP contribution in [0.4, 0.5) is 11.4 Å². The van der Waals surface area contributed by atoms with Gasteiger partial charge in [-0.05, 0) is 24.8 Å². The lowest BCUT2D eigenvalue weighted by Crippen LogP contribution is -2.23. The van der Waals surface area contributed by atoms with Crippen molar-refractivity contribution in [2.24, 2.45) is 0 Å². The van der Waals surface area contributed by atoms with Crippen LogP contribution in [0.5, 0.6) is 0 Å². The van der Waals surface area contributed by atoms with Crippen LogP contribution >= 0.6 is 11.8 Å². The molecule has 7 heteroatoms. The van der Waals surface area contributed by atoms with Crippen molar-refractivity contribution in [3.8, 4) is 0 Å². The van der Waals surface area contributed by atoms with Gasteiger partial charge in [0.25, 0.3) is 11.6 Å². The second-order valence-electron chi connectivity index (χ2n) is 4.89. The van der Waals surface area contributed by atoms with E-state index in [1.807, 2.05) is 13.2 Å². The minimum atomic E-state index is -0.458. The monoisotopic (exact) mass is 311 g/mol. The third kappa shape index (κ3) is 4.63. The van der Waals surface area contributed by atoms with Gasteiger partial charge in [0.05, 0.1) is 4.92 Å². The van der Waals surface area contributed by atoms with Gasteiger partial charge in [0.15, 0.2) is 0 Å². The zero-order valence-corrected chi connectivity index (χ0v) is 13.6. The molecule has 0 aromatic heterocycles. The van der Waals surface area contributed by atoms with E-state index in [2.05, 4.69) is 5.32 Å². The molecule has 0 radical (unpaired) electrons. The van der Waals surface area contributed by atoms with Crippen LogP contribution in [0.15, 0.2) is 18.2 Å². The summed E-state index contributed by atoms with van der Waals surface area (Å²) in [4.78, 5) is 24.1. The Kier molecular flexibility index (Phi) is 6.48. The second-order valence-corrected chi connectivity index (χ2v) is 5.80. The van der Waals surface area contributed by atoms with Crippen LogP contribution in [0.2, 0.25) is 0 Å². The third-order valence-electron chi connectivity index (χ3n) is 3.07. The number of rotatable bonds is 7. The highest BCUT2D eigenvalue weighted by Crippen LogP contribution is 2.27. The first-order valence-electron chi connectivity index (χ1n) is 6.66. The Hall–Kier alpha value is -1.76. The van der Waals surface area contributed by atoms with Gasteiger partial charge in [-0.15, -0.1) is 0 Å². The highest BCUT2D eigenvalue weighted by atomic mass is 32.2. The molecule has 1 rings (SSSR count). The molecule has 1 N–H and O–H groups in total. The number of benzene rings is 1. The van der Waals surface area contributed by atoms with E-state index in [1.54, 1.807) is 38.0 Å². The molecule has 1 atom stereocenters. The maximum atomic E-state index is 11.9. The van der Waals surface area contributed by atoms with Crippen molar-refractivity contribution in [3.05, 3.63) is 33.9 Å². The summed E-state index contributed by atoms with van der Waals surface area (Å²) in [6.45, 7) is 2.03. The second kappa shape index (κ2) is 7.87. The average molecular weight is 311 g/mol. The van der Waals surface area contributed by atoms with E-state index >= 15 is 0 Å². The van der Waals surface area contributed by atoms with Crippen molar-refractivity contribution >= 4 is 29.0 Å². The first-order valence-corrected chi connectivity index (χ1v) is 8.05. The molecule has 0 aliphatic rings. The van der Waals surface area contributed by atoms with Crippen molar-refractivity contribution in [2.75, 3.05) is 31.4 Å². The van der Waals surface area contributed by atoms with E-state index in [1.165, 1.54) is 11.0 Å². The van der Waals surface area contributed by atoms with Crippen LogP contribution < -0.4 is 5.32 Å². The lowest BCUT2D eigenvalue weighted by Gasteiger charge is -2.18. The predicted molar refractivity (Wildman–Crippen MR) is 87.2 cm³/mol. The van der Waals surface area contributed by atoms with Crippen molar-refractivity contribution in [1.29, 1.82) is 0 Å². The fraction of sp³-hybridized carbons (Fsp3) is 0.500. The Labute approximate surface area is 129 Å². The number of nitrogens with one attached hydrogen (secondary N) is 1. The smallest absolute Gasteiger partial charge is 0.293 e. The molecule has 1 amide bonds. The Morgan fingerprint density at radius 1 is 1.48 bits per heavy atom. The summed E-state index contributed by atoms with van der Waals surface area (Å²) >= 11 is 1.69. The zero-order chi connectivity index (χ0) is 16.0. The van der Waals surface area contributed by atoms with Crippen molar-refractivity contribution in [3.63, 3.8) is 0 Å². The minimum Gasteiger partial charge on any atom is -0.376 e. The molecule has 1 aromatic carbocycles. The third-order valence-corrected chi connectivity index (χ3v) is 3.80. The van der Waals surface area contributed by atoms with Crippen molar-refractivity contribution in [1.82, 2.24) is 4.90 Å². The van der Waals surface area contributed by atoms with Crippen LogP contribution in [-0.2, 0) is 0 Å². The number of carbonyl (C=O) groups is 1. The maximum Gasteiger partial charge on any atom is 0.293 e. The van der Waals surface area contributed by atoms with Crippen LogP contribution in [0.25, 0.3) is 0 Å². The van der Waals surface area contributed by atoms with Gasteiger partial charge in [-0.25, -0.2) is 0 Å². The number of carbonyl (C=O) groups excluding carboxylic acids is 1. The molecule has 0 saturated heterocycles. The topological polar surface area (TPSA) is 75.5 Å². The highest BCUT2D eigenvalue weighted by molar-refractivity contribution is 7.98. The summed E-state index contributed by atoms with van der Waals surface area (Å²) in [6.07, 6.45) is 2.87. The largest absolute Gasteiger partial charge is 0.376 e. The summed E-state index contributed by atoms with van der Waals surface area (Å²) in [5.41, 5.74) is 0.702. The molecule has 21 heavy (non-hydrogen) atoms. The van der Waals surface area contributed by atoms with Crippen LogP contribution in [0.1, 0.15) is 23.7 Å². The SMILES string of the molecule is CCC(CSC)Nc1ccc(C(=O)N(C)C)cc1[N+](=O)[O-]. The normalized spacial score (nSPS) is 11.8. The molecule has 0 spiro atoms. The number of nitro benzene ring substituents is 1. The van der Waals surface area contributed by atoms with E-state index in [0.717, 1.165) is 12.2 Å². The van der Waals surface area contributed by atoms with Crippen LogP contribution in [0.3, 0.4) is 0 Å². The molecule has 0 aliphatic carbocycles. The first kappa shape index (κ1) is 17.3. The van der Waals surface area contributed by atoms with Gasteiger partial charge in [-0.3, -0.25) is 14.9 Å². The molecular formula is C14H21N3O3S. The van der Waals surface area contributed by atoms with Crippen LogP contribution in [0, 0.1) is 10.1 Å². The molecule has 0 fully saturated rings. The Bertz CT molecular complexity index is 520. The molecule has 0 aliphatic heterocycles. The van der Waals surface area contributed by atoms with Gasteiger partial charge < -0.3 is 10.2 Å². The number of hydrogen-bond acceptors (Lipinski definition) is 5. The van der Waals surface area contributed by atoms with Gasteiger partial charge >= 0.3 is 0 Å². The van der Waals surface area contributed by atoms with E-state index in [0.29, 0.717) is 11.3 Å². The molecule has 0 bridgehead atoms. The molecule has 1 unspecified atom stereocenters. The van der Waals surface area contributed by atoms with Crippen LogP contribution in [-0.4, -0.2) is 47.9 Å². The van der Waals surface area contributed by atoms with E-state index in [9.17, 15) is 14.9 Å². The minimum absolute atomic E-state index is 0.0674. The van der Waals surface area contributed by atoms with Gasteiger partial charge in [0.1, 0.15) is 5.69 Å². The molecule has 0 heterocycles. The van der Waals surface area contributed by atoms with Gasteiger partial charge in [-0.2, -0.15) is 11.8 Å². The van der Waals surface area contributed by atoms with Gasteiger partial charge in [-0.1, -0.05) is 6.92 Å². The maximum absolute atomic E-state index is 11.9. The quantitative estimate of drug-likeness (QED) is 0.619. The van der Waals surface area contributed by atoms with Crippen molar-refractivity contribution < 1.29 is 9.72 Å². The number of amides is 1. The molecule has 1 aromatic rings. The fourth-order valence-corrected chi connectivity index (χ4v) is 2.60. The number of nitrogens with zero attached hydrogens (tertiary/aromatic N) is 2. The molecule has 0 saturated carbocycles. The number of thioether (sulfide) groups is 1. The average Bonchev–Trinajstić information content (AvgIpc) is 2.45. The Balaban J connectivity index is 3.10.